The van der Waals surface area contributed by atoms with E-state index in [0.717, 1.165) is 42.6 Å². The minimum absolute atomic E-state index is 0.981. The maximum Gasteiger partial charge on any atom is 0.0708 e. The molecule has 4 aromatic carbocycles. The molecule has 0 fully saturated rings. The number of fused-ring (bicyclic) bond motifs is 3. The lowest BCUT2D eigenvalue weighted by atomic mass is 9.98. The summed E-state index contributed by atoms with van der Waals surface area (Å²) in [5.74, 6) is 0. The topological polar surface area (TPSA) is 28.5 Å². The summed E-state index contributed by atoms with van der Waals surface area (Å²) in [7, 11) is 0. The molecule has 0 unspecified atom stereocenters. The van der Waals surface area contributed by atoms with E-state index in [2.05, 4.69) is 107 Å². The molecule has 0 aliphatic carbocycles. The van der Waals surface area contributed by atoms with Gasteiger partial charge in [-0.15, -0.1) is 0 Å². The lowest BCUT2D eigenvalue weighted by molar-refractivity contribution is 0.977. The molecule has 0 radical (unpaired) electrons. The van der Waals surface area contributed by atoms with Crippen molar-refractivity contribution in [3.63, 3.8) is 0 Å². The summed E-state index contributed by atoms with van der Waals surface area (Å²) < 4.78 is 0. The van der Waals surface area contributed by atoms with Crippen LogP contribution in [0.4, 0.5) is 17.1 Å². The Hall–Kier alpha value is -4.50. The Morgan fingerprint density at radius 3 is 2.43 bits per heavy atom. The Kier molecular flexibility index (Phi) is 5.40. The average Bonchev–Trinajstić information content (AvgIpc) is 3.14. The molecule has 5 aromatic rings. The molecule has 0 saturated carbocycles. The summed E-state index contributed by atoms with van der Waals surface area (Å²) in [5.41, 5.74) is 10.9. The van der Waals surface area contributed by atoms with E-state index in [9.17, 15) is 0 Å². The quantitative estimate of drug-likeness (QED) is 0.260. The first kappa shape index (κ1) is 21.8. The van der Waals surface area contributed by atoms with Gasteiger partial charge < -0.3 is 4.90 Å². The number of hydrogen-bond acceptors (Lipinski definition) is 3. The third-order valence-corrected chi connectivity index (χ3v) is 7.50. The van der Waals surface area contributed by atoms with Gasteiger partial charge in [0.25, 0.3) is 0 Å². The number of hydrogen-bond donors (Lipinski definition) is 0. The van der Waals surface area contributed by atoms with E-state index >= 15 is 0 Å². The summed E-state index contributed by atoms with van der Waals surface area (Å²) >= 11 is 0. The van der Waals surface area contributed by atoms with Crippen LogP contribution in [0.25, 0.3) is 22.0 Å². The first-order valence-corrected chi connectivity index (χ1v) is 13.0. The Balaban J connectivity index is 1.45. The molecular weight excluding hydrogens is 450 g/mol. The minimum atomic E-state index is 0.981. The molecule has 1 aromatic heterocycles. The second-order valence-electron chi connectivity index (χ2n) is 9.73. The first-order valence-electron chi connectivity index (χ1n) is 13.0. The van der Waals surface area contributed by atoms with Crippen LogP contribution in [0.1, 0.15) is 29.5 Å². The minimum Gasteiger partial charge on any atom is -0.310 e. The fourth-order valence-corrected chi connectivity index (χ4v) is 5.65. The molecule has 7 rings (SSSR count). The number of para-hydroxylation sites is 1. The van der Waals surface area contributed by atoms with Crippen molar-refractivity contribution in [1.29, 1.82) is 0 Å². The third kappa shape index (κ3) is 3.93. The lowest BCUT2D eigenvalue weighted by Gasteiger charge is -2.28. The highest BCUT2D eigenvalue weighted by Crippen LogP contribution is 2.43. The molecule has 2 aliphatic heterocycles. The van der Waals surface area contributed by atoms with E-state index in [1.165, 1.54) is 44.5 Å². The number of aliphatic imine (C=N–C) groups is 1. The molecule has 0 spiro atoms. The van der Waals surface area contributed by atoms with Crippen LogP contribution >= 0.6 is 0 Å². The SMILES string of the molecule is C1=CN=C(c2ccc3c(c2)N(c2ccc4cccc(-c5ccccn5)c4c2)c2ccccc2CC3)CC1. The van der Waals surface area contributed by atoms with E-state index in [-0.39, 0.29) is 0 Å². The molecule has 37 heavy (non-hydrogen) atoms. The largest absolute Gasteiger partial charge is 0.310 e. The van der Waals surface area contributed by atoms with Crippen molar-refractivity contribution in [2.45, 2.75) is 25.7 Å². The lowest BCUT2D eigenvalue weighted by Crippen LogP contribution is -2.13. The van der Waals surface area contributed by atoms with Crippen LogP contribution in [0.2, 0.25) is 0 Å². The summed E-state index contributed by atoms with van der Waals surface area (Å²) in [4.78, 5) is 11.8. The van der Waals surface area contributed by atoms with Crippen LogP contribution in [0.15, 0.2) is 121 Å². The van der Waals surface area contributed by atoms with Crippen LogP contribution in [-0.2, 0) is 12.8 Å². The molecule has 3 nitrogen and oxygen atoms in total. The van der Waals surface area contributed by atoms with Crippen LogP contribution in [0.5, 0.6) is 0 Å². The van der Waals surface area contributed by atoms with Gasteiger partial charge in [-0.05, 0) is 89.5 Å². The van der Waals surface area contributed by atoms with Gasteiger partial charge in [0, 0.05) is 40.7 Å². The molecule has 3 heteroatoms. The molecule has 0 bridgehead atoms. The molecule has 0 N–H and O–H groups in total. The summed E-state index contributed by atoms with van der Waals surface area (Å²) in [5, 5.41) is 2.42. The number of anilines is 3. The maximum atomic E-state index is 4.71. The fourth-order valence-electron chi connectivity index (χ4n) is 5.65. The van der Waals surface area contributed by atoms with E-state index in [1.807, 2.05) is 18.5 Å². The van der Waals surface area contributed by atoms with E-state index in [1.54, 1.807) is 0 Å². The zero-order valence-electron chi connectivity index (χ0n) is 20.6. The summed E-state index contributed by atoms with van der Waals surface area (Å²) in [6.07, 6.45) is 10.0. The molecule has 3 heterocycles. The Bertz CT molecular complexity index is 1680. The van der Waals surface area contributed by atoms with Crippen molar-refractivity contribution >= 4 is 33.5 Å². The van der Waals surface area contributed by atoms with Gasteiger partial charge >= 0.3 is 0 Å². The molecule has 0 saturated heterocycles. The van der Waals surface area contributed by atoms with Crippen LogP contribution < -0.4 is 4.90 Å². The molecule has 2 aliphatic rings. The van der Waals surface area contributed by atoms with E-state index < -0.39 is 0 Å². The highest BCUT2D eigenvalue weighted by Gasteiger charge is 2.23. The van der Waals surface area contributed by atoms with Crippen molar-refractivity contribution in [1.82, 2.24) is 4.98 Å². The number of aromatic nitrogens is 1. The maximum absolute atomic E-state index is 4.71. The predicted octanol–water partition coefficient (Wildman–Crippen LogP) is 8.57. The summed E-state index contributed by atoms with van der Waals surface area (Å²) in [6, 6.07) is 35.2. The monoisotopic (exact) mass is 477 g/mol. The van der Waals surface area contributed by atoms with Gasteiger partial charge in [-0.3, -0.25) is 9.98 Å². The first-order chi connectivity index (χ1) is 18.3. The molecule has 178 valence electrons. The zero-order chi connectivity index (χ0) is 24.6. The normalized spacial score (nSPS) is 14.6. The standard InChI is InChI=1S/C34H27N3/c1-2-13-33-25(8-1)14-15-26-16-17-27(31-11-3-5-20-35-31)22-34(26)37(33)28-19-18-24-9-7-10-29(30(24)23-28)32-12-4-6-21-36-32/h1-2,4-10,12-13,16-23H,3,11,14-15H2. The van der Waals surface area contributed by atoms with Gasteiger partial charge in [-0.1, -0.05) is 66.7 Å². The van der Waals surface area contributed by atoms with Gasteiger partial charge in [0.15, 0.2) is 0 Å². The second kappa shape index (κ2) is 9.18. The highest BCUT2D eigenvalue weighted by molar-refractivity contribution is 6.03. The highest BCUT2D eigenvalue weighted by atomic mass is 15.1. The summed E-state index contributed by atoms with van der Waals surface area (Å²) in [6.45, 7) is 0. The Morgan fingerprint density at radius 2 is 1.57 bits per heavy atom. The Morgan fingerprint density at radius 1 is 0.676 bits per heavy atom. The Labute approximate surface area is 217 Å². The van der Waals surface area contributed by atoms with Crippen LogP contribution in [0, 0.1) is 0 Å². The van der Waals surface area contributed by atoms with Gasteiger partial charge in [0.2, 0.25) is 0 Å². The van der Waals surface area contributed by atoms with Crippen LogP contribution in [0.3, 0.4) is 0 Å². The number of benzene rings is 4. The number of nitrogens with zero attached hydrogens (tertiary/aromatic N) is 3. The van der Waals surface area contributed by atoms with Gasteiger partial charge in [-0.25, -0.2) is 0 Å². The van der Waals surface area contributed by atoms with Crippen molar-refractivity contribution in [3.8, 4) is 11.3 Å². The predicted molar refractivity (Wildman–Crippen MR) is 154 cm³/mol. The third-order valence-electron chi connectivity index (χ3n) is 7.50. The average molecular weight is 478 g/mol. The zero-order valence-corrected chi connectivity index (χ0v) is 20.6. The van der Waals surface area contributed by atoms with Gasteiger partial charge in [-0.2, -0.15) is 0 Å². The smallest absolute Gasteiger partial charge is 0.0708 e. The van der Waals surface area contributed by atoms with Gasteiger partial charge in [0.1, 0.15) is 0 Å². The van der Waals surface area contributed by atoms with E-state index in [4.69, 9.17) is 4.99 Å². The molecule has 0 atom stereocenters. The fraction of sp³-hybridized carbons (Fsp3) is 0.118. The van der Waals surface area contributed by atoms with Crippen LogP contribution in [-0.4, -0.2) is 10.7 Å². The van der Waals surface area contributed by atoms with E-state index in [0.29, 0.717) is 0 Å². The van der Waals surface area contributed by atoms with Gasteiger partial charge in [0.05, 0.1) is 5.69 Å². The van der Waals surface area contributed by atoms with Crippen molar-refractivity contribution in [2.75, 3.05) is 4.90 Å². The van der Waals surface area contributed by atoms with Crippen molar-refractivity contribution in [2.24, 2.45) is 4.99 Å². The number of rotatable bonds is 3. The van der Waals surface area contributed by atoms with Crippen molar-refractivity contribution < 1.29 is 0 Å². The number of pyridine rings is 1. The van der Waals surface area contributed by atoms with Crippen molar-refractivity contribution in [3.05, 3.63) is 132 Å². The molecule has 0 amide bonds. The number of allylic oxidation sites excluding steroid dienone is 1. The number of aryl methyl sites for hydroxylation is 2. The second-order valence-corrected chi connectivity index (χ2v) is 9.73. The molecular formula is C34H27N3.